The van der Waals surface area contributed by atoms with Gasteiger partial charge in [0.1, 0.15) is 11.5 Å². The van der Waals surface area contributed by atoms with Gasteiger partial charge in [-0.05, 0) is 75.8 Å². The van der Waals surface area contributed by atoms with Crippen LogP contribution in [-0.4, -0.2) is 13.4 Å². The van der Waals surface area contributed by atoms with Gasteiger partial charge in [-0.25, -0.2) is 17.6 Å². The Bertz CT molecular complexity index is 3030. The number of halogens is 4. The van der Waals surface area contributed by atoms with E-state index in [1.165, 1.54) is 6.07 Å². The normalized spacial score (nSPS) is 13.8. The third kappa shape index (κ3) is 4.42. The number of benzene rings is 8. The highest BCUT2D eigenvalue weighted by Crippen LogP contribution is 2.48. The van der Waals surface area contributed by atoms with Crippen molar-refractivity contribution in [3.05, 3.63) is 187 Å². The van der Waals surface area contributed by atoms with Gasteiger partial charge in [0.05, 0.1) is 11.4 Å². The molecule has 8 aromatic carbocycles. The van der Waals surface area contributed by atoms with Gasteiger partial charge in [0.25, 0.3) is 13.4 Å². The van der Waals surface area contributed by atoms with Crippen molar-refractivity contribution < 1.29 is 22.3 Å². The van der Waals surface area contributed by atoms with Crippen molar-refractivity contribution in [2.75, 3.05) is 14.7 Å². The quantitative estimate of drug-likeness (QED) is 0.133. The molecule has 0 bridgehead atoms. The van der Waals surface area contributed by atoms with E-state index in [-0.39, 0.29) is 17.1 Å². The molecule has 0 saturated carbocycles. The molecule has 4 aliphatic heterocycles. The van der Waals surface area contributed by atoms with Crippen molar-refractivity contribution >= 4 is 97.4 Å². The standard InChI is InChI=1S/C48H27B2F4N3O/c51-35-25-40-43-47(45(35)53)56(29-16-6-2-7-17-29)37-22-12-10-20-31(37)49(43)33-24-34-41(27-39(33)55(40)28-14-4-1-5-15-28)58-42-26-36(52)46(54)48-44(42)50(34)32-21-11-13-23-38(32)57(48)30-18-8-3-9-19-30/h1-27H. The van der Waals surface area contributed by atoms with Gasteiger partial charge in [-0.2, -0.15) is 0 Å². The van der Waals surface area contributed by atoms with Gasteiger partial charge in [0.15, 0.2) is 23.3 Å². The van der Waals surface area contributed by atoms with E-state index in [4.69, 9.17) is 4.74 Å². The molecule has 0 unspecified atom stereocenters. The number of anilines is 9. The zero-order valence-corrected chi connectivity index (χ0v) is 30.5. The fraction of sp³-hybridized carbons (Fsp3) is 0. The Morgan fingerprint density at radius 2 is 0.828 bits per heavy atom. The average molecular weight is 759 g/mol. The third-order valence-corrected chi connectivity index (χ3v) is 11.9. The molecule has 0 radical (unpaired) electrons. The van der Waals surface area contributed by atoms with Gasteiger partial charge in [0, 0.05) is 63.5 Å². The van der Waals surface area contributed by atoms with Crippen LogP contribution in [0.2, 0.25) is 0 Å². The number of rotatable bonds is 3. The molecular weight excluding hydrogens is 732 g/mol. The lowest BCUT2D eigenvalue weighted by Crippen LogP contribution is -2.64. The molecule has 0 spiro atoms. The highest BCUT2D eigenvalue weighted by atomic mass is 19.2. The molecule has 4 nitrogen and oxygen atoms in total. The molecule has 4 heterocycles. The molecule has 0 saturated heterocycles. The lowest BCUT2D eigenvalue weighted by atomic mass is 9.30. The summed E-state index contributed by atoms with van der Waals surface area (Å²) in [6.07, 6.45) is 0. The van der Waals surface area contributed by atoms with Crippen molar-refractivity contribution in [3.8, 4) is 11.5 Å². The first-order valence-electron chi connectivity index (χ1n) is 19.1. The van der Waals surface area contributed by atoms with Gasteiger partial charge in [-0.1, -0.05) is 97.1 Å². The fourth-order valence-electron chi connectivity index (χ4n) is 9.69. The highest BCUT2D eigenvalue weighted by molar-refractivity contribution is 7.02. The zero-order valence-electron chi connectivity index (χ0n) is 30.5. The molecule has 10 heteroatoms. The largest absolute Gasteiger partial charge is 0.458 e. The van der Waals surface area contributed by atoms with Gasteiger partial charge >= 0.3 is 0 Å². The van der Waals surface area contributed by atoms with Crippen LogP contribution < -0.4 is 52.2 Å². The Labute approximate surface area is 332 Å². The Hall–Kier alpha value is -7.19. The van der Waals surface area contributed by atoms with Gasteiger partial charge in [-0.15, -0.1) is 0 Å². The van der Waals surface area contributed by atoms with Crippen molar-refractivity contribution in [1.29, 1.82) is 0 Å². The Balaban J connectivity index is 1.17. The highest BCUT2D eigenvalue weighted by Gasteiger charge is 2.49. The SMILES string of the molecule is Fc1cc2c3c(c1F)N(c1ccccc1)c1ccccc1B3c1cc3c(cc1O2)N(c1ccccc1)c1cc(F)c(F)c2c1B3c1ccccc1N2c1ccccc1. The van der Waals surface area contributed by atoms with Crippen LogP contribution in [0, 0.1) is 23.3 Å². The van der Waals surface area contributed by atoms with Crippen LogP contribution in [0.15, 0.2) is 164 Å². The predicted octanol–water partition coefficient (Wildman–Crippen LogP) is 8.73. The lowest BCUT2D eigenvalue weighted by molar-refractivity contribution is 0.466. The molecule has 0 amide bonds. The summed E-state index contributed by atoms with van der Waals surface area (Å²) in [6.45, 7) is -1.09. The van der Waals surface area contributed by atoms with Crippen LogP contribution in [0.1, 0.15) is 0 Å². The van der Waals surface area contributed by atoms with E-state index in [0.29, 0.717) is 45.1 Å². The molecule has 0 atom stereocenters. The van der Waals surface area contributed by atoms with E-state index in [9.17, 15) is 0 Å². The average Bonchev–Trinajstić information content (AvgIpc) is 3.27. The summed E-state index contributed by atoms with van der Waals surface area (Å²) in [5.74, 6) is -3.26. The van der Waals surface area contributed by atoms with E-state index in [0.717, 1.165) is 39.3 Å². The first-order chi connectivity index (χ1) is 28.5. The number of nitrogens with zero attached hydrogens (tertiary/aromatic N) is 3. The second kappa shape index (κ2) is 12.2. The summed E-state index contributed by atoms with van der Waals surface area (Å²) in [5.41, 5.74) is 9.45. The van der Waals surface area contributed by atoms with Crippen LogP contribution in [0.25, 0.3) is 0 Å². The molecule has 12 rings (SSSR count). The Kier molecular flexibility index (Phi) is 6.91. The molecular formula is C48H27B2F4N3O. The molecule has 0 N–H and O–H groups in total. The van der Waals surface area contributed by atoms with E-state index < -0.39 is 36.7 Å². The first-order valence-corrected chi connectivity index (χ1v) is 19.1. The topological polar surface area (TPSA) is 19.0 Å². The van der Waals surface area contributed by atoms with Gasteiger partial charge in [-0.3, -0.25) is 0 Å². The molecule has 4 aliphatic rings. The number of ether oxygens (including phenoxy) is 1. The molecule has 8 aromatic rings. The maximum atomic E-state index is 16.8. The van der Waals surface area contributed by atoms with Gasteiger partial charge in [0.2, 0.25) is 0 Å². The fourth-order valence-corrected chi connectivity index (χ4v) is 9.69. The molecule has 0 aromatic heterocycles. The zero-order chi connectivity index (χ0) is 38.8. The summed E-state index contributed by atoms with van der Waals surface area (Å²) < 4.78 is 72.1. The second-order valence-electron chi connectivity index (χ2n) is 14.9. The molecule has 58 heavy (non-hydrogen) atoms. The molecule has 0 aliphatic carbocycles. The minimum Gasteiger partial charge on any atom is -0.458 e. The first kappa shape index (κ1) is 33.0. The van der Waals surface area contributed by atoms with Crippen molar-refractivity contribution in [2.45, 2.75) is 0 Å². The van der Waals surface area contributed by atoms with Crippen LogP contribution in [0.5, 0.6) is 11.5 Å². The Morgan fingerprint density at radius 1 is 0.362 bits per heavy atom. The number of para-hydroxylation sites is 5. The van der Waals surface area contributed by atoms with E-state index >= 15 is 17.6 Å². The van der Waals surface area contributed by atoms with Crippen molar-refractivity contribution in [3.63, 3.8) is 0 Å². The van der Waals surface area contributed by atoms with Crippen LogP contribution in [-0.2, 0) is 0 Å². The van der Waals surface area contributed by atoms with E-state index in [1.807, 2.05) is 155 Å². The summed E-state index contributed by atoms with van der Waals surface area (Å²) in [7, 11) is 0. The molecule has 274 valence electrons. The van der Waals surface area contributed by atoms with Crippen LogP contribution >= 0.6 is 0 Å². The maximum absolute atomic E-state index is 16.8. The number of fused-ring (bicyclic) bond motifs is 8. The second-order valence-corrected chi connectivity index (χ2v) is 14.9. The smallest absolute Gasteiger partial charge is 0.256 e. The number of hydrogen-bond acceptors (Lipinski definition) is 4. The van der Waals surface area contributed by atoms with E-state index in [2.05, 4.69) is 6.07 Å². The minimum atomic E-state index is -1.03. The van der Waals surface area contributed by atoms with Crippen molar-refractivity contribution in [2.24, 2.45) is 0 Å². The van der Waals surface area contributed by atoms with Gasteiger partial charge < -0.3 is 19.4 Å². The van der Waals surface area contributed by atoms with Crippen molar-refractivity contribution in [1.82, 2.24) is 0 Å². The number of hydrogen-bond donors (Lipinski definition) is 0. The van der Waals surface area contributed by atoms with Crippen LogP contribution in [0.3, 0.4) is 0 Å². The summed E-state index contributed by atoms with van der Waals surface area (Å²) in [5, 5.41) is 0. The monoisotopic (exact) mass is 759 g/mol. The maximum Gasteiger partial charge on any atom is 0.256 e. The Morgan fingerprint density at radius 3 is 1.40 bits per heavy atom. The molecule has 0 fully saturated rings. The summed E-state index contributed by atoms with van der Waals surface area (Å²) >= 11 is 0. The lowest BCUT2D eigenvalue weighted by Gasteiger charge is -2.45. The predicted molar refractivity (Wildman–Crippen MR) is 226 cm³/mol. The minimum absolute atomic E-state index is 0.0888. The summed E-state index contributed by atoms with van der Waals surface area (Å²) in [6, 6.07) is 50.4. The van der Waals surface area contributed by atoms with E-state index in [1.54, 1.807) is 4.90 Å². The summed E-state index contributed by atoms with van der Waals surface area (Å²) in [4.78, 5) is 5.53. The van der Waals surface area contributed by atoms with Crippen LogP contribution in [0.4, 0.5) is 68.7 Å². The third-order valence-electron chi connectivity index (χ3n) is 11.9.